The van der Waals surface area contributed by atoms with Crippen LogP contribution in [0.4, 0.5) is 8.78 Å². The molecule has 2 N–H and O–H groups in total. The lowest BCUT2D eigenvalue weighted by atomic mass is 10.3. The quantitative estimate of drug-likeness (QED) is 0.648. The minimum Gasteiger partial charge on any atom is -0.326 e. The molecule has 0 aliphatic heterocycles. The molecule has 12 heavy (non-hydrogen) atoms. The zero-order valence-electron chi connectivity index (χ0n) is 6.93. The molecule has 0 aliphatic rings. The molecular weight excluding hydrogens is 162 g/mol. The first-order chi connectivity index (χ1) is 5.61. The van der Waals surface area contributed by atoms with Crippen molar-refractivity contribution in [3.05, 3.63) is 23.9 Å². The summed E-state index contributed by atoms with van der Waals surface area (Å²) in [6, 6.07) is 0. The van der Waals surface area contributed by atoms with Crippen LogP contribution < -0.4 is 5.73 Å². The van der Waals surface area contributed by atoms with Crippen LogP contribution >= 0.6 is 0 Å². The molecule has 0 heterocycles. The number of rotatable bonds is 4. The van der Waals surface area contributed by atoms with Gasteiger partial charge in [0.25, 0.3) is 6.43 Å². The van der Waals surface area contributed by atoms with Crippen molar-refractivity contribution in [1.82, 2.24) is 0 Å². The van der Waals surface area contributed by atoms with Gasteiger partial charge in [0.1, 0.15) is 0 Å². The zero-order chi connectivity index (χ0) is 9.56. The Labute approximate surface area is 70.5 Å². The van der Waals surface area contributed by atoms with E-state index >= 15 is 0 Å². The van der Waals surface area contributed by atoms with Gasteiger partial charge in [-0.1, -0.05) is 12.7 Å². The minimum absolute atomic E-state index is 0.288. The fourth-order valence-corrected chi connectivity index (χ4v) is 0.467. The van der Waals surface area contributed by atoms with Crippen LogP contribution in [0.1, 0.15) is 6.92 Å². The highest BCUT2D eigenvalue weighted by Crippen LogP contribution is 2.06. The molecule has 2 nitrogen and oxygen atoms in total. The van der Waals surface area contributed by atoms with E-state index in [1.54, 1.807) is 13.0 Å². The molecule has 0 aromatic carbocycles. The van der Waals surface area contributed by atoms with Crippen molar-refractivity contribution in [3.8, 4) is 0 Å². The molecule has 0 rings (SSSR count). The number of nitrogens with zero attached hydrogens (tertiary/aromatic N) is 1. The molecule has 0 fully saturated rings. The zero-order valence-corrected chi connectivity index (χ0v) is 6.93. The van der Waals surface area contributed by atoms with Gasteiger partial charge in [-0.15, -0.1) is 0 Å². The lowest BCUT2D eigenvalue weighted by molar-refractivity contribution is 0.189. The average molecular weight is 174 g/mol. The van der Waals surface area contributed by atoms with E-state index in [2.05, 4.69) is 11.6 Å². The second kappa shape index (κ2) is 5.60. The number of hydrogen-bond donors (Lipinski definition) is 1. The average Bonchev–Trinajstić information content (AvgIpc) is 2.05. The van der Waals surface area contributed by atoms with E-state index in [-0.39, 0.29) is 6.54 Å². The van der Waals surface area contributed by atoms with Gasteiger partial charge in [-0.2, -0.15) is 0 Å². The minimum atomic E-state index is -2.60. The van der Waals surface area contributed by atoms with Gasteiger partial charge in [-0.05, 0) is 12.5 Å². The van der Waals surface area contributed by atoms with Crippen LogP contribution in [0.3, 0.4) is 0 Å². The molecule has 0 saturated heterocycles. The lowest BCUT2D eigenvalue weighted by Crippen LogP contribution is -2.04. The molecule has 0 spiro atoms. The third-order valence-corrected chi connectivity index (χ3v) is 1.25. The number of nitrogens with two attached hydrogens (primary N) is 1. The number of aliphatic imine (C=N–C) groups is 1. The van der Waals surface area contributed by atoms with Crippen LogP contribution in [0.25, 0.3) is 0 Å². The highest BCUT2D eigenvalue weighted by atomic mass is 19.3. The summed E-state index contributed by atoms with van der Waals surface area (Å²) in [4.78, 5) is 3.45. The first kappa shape index (κ1) is 11.0. The molecule has 0 unspecified atom stereocenters. The largest absolute Gasteiger partial charge is 0.326 e. The molecule has 0 saturated carbocycles. The Morgan fingerprint density at radius 3 is 2.58 bits per heavy atom. The Balaban J connectivity index is 4.15. The predicted molar refractivity (Wildman–Crippen MR) is 46.4 cm³/mol. The molecule has 0 amide bonds. The maximum atomic E-state index is 11.8. The first-order valence-corrected chi connectivity index (χ1v) is 3.48. The van der Waals surface area contributed by atoms with E-state index in [1.165, 1.54) is 6.21 Å². The summed E-state index contributed by atoms with van der Waals surface area (Å²) in [6.45, 7) is 5.13. The van der Waals surface area contributed by atoms with E-state index in [4.69, 9.17) is 5.73 Å². The Morgan fingerprint density at radius 1 is 1.67 bits per heavy atom. The molecule has 0 bridgehead atoms. The van der Waals surface area contributed by atoms with Crippen molar-refractivity contribution < 1.29 is 8.78 Å². The second-order valence-electron chi connectivity index (χ2n) is 2.12. The van der Waals surface area contributed by atoms with E-state index < -0.39 is 12.1 Å². The highest BCUT2D eigenvalue weighted by Gasteiger charge is 2.04. The number of alkyl halides is 2. The van der Waals surface area contributed by atoms with Gasteiger partial charge in [-0.3, -0.25) is 4.99 Å². The maximum Gasteiger partial charge on any atom is 0.279 e. The van der Waals surface area contributed by atoms with Crippen LogP contribution in [0.15, 0.2) is 28.9 Å². The summed E-state index contributed by atoms with van der Waals surface area (Å²) in [7, 11) is 0. The third-order valence-electron chi connectivity index (χ3n) is 1.25. The summed E-state index contributed by atoms with van der Waals surface area (Å²) in [6.07, 6.45) is 0.411. The molecule has 0 aromatic heterocycles. The summed E-state index contributed by atoms with van der Waals surface area (Å²) in [5.74, 6) is 0. The fourth-order valence-electron chi connectivity index (χ4n) is 0.467. The monoisotopic (exact) mass is 174 g/mol. The molecule has 4 heteroatoms. The second-order valence-corrected chi connectivity index (χ2v) is 2.12. The Morgan fingerprint density at radius 2 is 2.25 bits per heavy atom. The molecular formula is C8H12F2N2. The maximum absolute atomic E-state index is 11.8. The van der Waals surface area contributed by atoms with Gasteiger partial charge in [-0.25, -0.2) is 8.78 Å². The third kappa shape index (κ3) is 3.98. The van der Waals surface area contributed by atoms with Crippen molar-refractivity contribution in [1.29, 1.82) is 0 Å². The van der Waals surface area contributed by atoms with Gasteiger partial charge >= 0.3 is 0 Å². The molecule has 0 radical (unpaired) electrons. The van der Waals surface area contributed by atoms with Gasteiger partial charge in [0, 0.05) is 12.8 Å². The van der Waals surface area contributed by atoms with Crippen LogP contribution in [0, 0.1) is 0 Å². The van der Waals surface area contributed by atoms with Gasteiger partial charge < -0.3 is 5.73 Å². The van der Waals surface area contributed by atoms with Crippen LogP contribution in [-0.4, -0.2) is 19.2 Å². The van der Waals surface area contributed by atoms with Crippen molar-refractivity contribution in [2.75, 3.05) is 6.54 Å². The Hall–Kier alpha value is -1.03. The number of allylic oxidation sites excluding steroid dienone is 2. The van der Waals surface area contributed by atoms with Crippen LogP contribution in [-0.2, 0) is 0 Å². The number of hydrogen-bond acceptors (Lipinski definition) is 2. The van der Waals surface area contributed by atoms with E-state index in [0.717, 1.165) is 0 Å². The topological polar surface area (TPSA) is 38.4 Å². The molecule has 0 atom stereocenters. The summed E-state index contributed by atoms with van der Waals surface area (Å²) < 4.78 is 23.6. The first-order valence-electron chi connectivity index (χ1n) is 3.48. The lowest BCUT2D eigenvalue weighted by Gasteiger charge is -1.97. The van der Waals surface area contributed by atoms with Crippen LogP contribution in [0.5, 0.6) is 0 Å². The fraction of sp³-hybridized carbons (Fsp3) is 0.375. The van der Waals surface area contributed by atoms with Crippen LogP contribution in [0.2, 0.25) is 0 Å². The summed E-state index contributed by atoms with van der Waals surface area (Å²) in [5.41, 5.74) is 5.53. The highest BCUT2D eigenvalue weighted by molar-refractivity contribution is 5.79. The summed E-state index contributed by atoms with van der Waals surface area (Å²) in [5, 5.41) is 0. The SMILES string of the molecule is C=C(N=C/C(=C\C)CN)C(F)F. The van der Waals surface area contributed by atoms with Crippen molar-refractivity contribution in [3.63, 3.8) is 0 Å². The van der Waals surface area contributed by atoms with Crippen molar-refractivity contribution >= 4 is 6.21 Å². The molecule has 0 aliphatic carbocycles. The summed E-state index contributed by atoms with van der Waals surface area (Å²) >= 11 is 0. The van der Waals surface area contributed by atoms with Crippen molar-refractivity contribution in [2.45, 2.75) is 13.3 Å². The normalized spacial score (nSPS) is 12.9. The standard InChI is InChI=1S/C8H12F2N2/c1-3-7(4-11)5-12-6(2)8(9)10/h3,5,8H,2,4,11H2,1H3/b7-3-,12-5?. The predicted octanol–water partition coefficient (Wildman–Crippen LogP) is 1.74. The van der Waals surface area contributed by atoms with Gasteiger partial charge in [0.2, 0.25) is 0 Å². The van der Waals surface area contributed by atoms with Gasteiger partial charge in [0.15, 0.2) is 0 Å². The van der Waals surface area contributed by atoms with E-state index in [1.807, 2.05) is 0 Å². The Kier molecular flexibility index (Phi) is 5.12. The molecule has 68 valence electrons. The van der Waals surface area contributed by atoms with Crippen molar-refractivity contribution in [2.24, 2.45) is 10.7 Å². The Bertz CT molecular complexity index is 207. The van der Waals surface area contributed by atoms with E-state index in [0.29, 0.717) is 5.57 Å². The number of halogens is 2. The smallest absolute Gasteiger partial charge is 0.279 e. The van der Waals surface area contributed by atoms with Gasteiger partial charge in [0.05, 0.1) is 5.70 Å². The molecule has 0 aromatic rings. The van der Waals surface area contributed by atoms with E-state index in [9.17, 15) is 8.78 Å².